The number of nitro groups is 1. The third kappa shape index (κ3) is 1.60. The Bertz CT molecular complexity index is 220. The summed E-state index contributed by atoms with van der Waals surface area (Å²) in [6.07, 6.45) is 0. The summed E-state index contributed by atoms with van der Waals surface area (Å²) >= 11 is 0. The van der Waals surface area contributed by atoms with Gasteiger partial charge in [0.2, 0.25) is 0 Å². The molecule has 0 amide bonds. The van der Waals surface area contributed by atoms with Gasteiger partial charge in [-0.15, -0.1) is 13.3 Å². The molecule has 0 aromatic heterocycles. The van der Waals surface area contributed by atoms with Crippen LogP contribution in [-0.4, -0.2) is 29.3 Å². The van der Waals surface area contributed by atoms with Crippen LogP contribution in [0.4, 0.5) is 22.2 Å². The van der Waals surface area contributed by atoms with E-state index in [1.165, 1.54) is 0 Å². The highest BCUT2D eigenvalue weighted by molar-refractivity contribution is 4.76. The van der Waals surface area contributed by atoms with E-state index in [0.717, 1.165) is 0 Å². The molecule has 0 bridgehead atoms. The number of hydrogen-bond donors (Lipinski definition) is 1. The van der Waals surface area contributed by atoms with Crippen molar-refractivity contribution >= 4 is 0 Å². The number of alkyl halides is 2. The lowest BCUT2D eigenvalue weighted by Gasteiger charge is -2.28. The Labute approximate surface area is 73.2 Å². The van der Waals surface area contributed by atoms with Crippen molar-refractivity contribution in [2.45, 2.75) is 11.9 Å². The van der Waals surface area contributed by atoms with Gasteiger partial charge in [0.25, 0.3) is 0 Å². The van der Waals surface area contributed by atoms with Gasteiger partial charge >= 0.3 is 11.9 Å². The number of hydrogen-bond acceptors (Lipinski definition) is 5. The molecule has 0 aliphatic carbocycles. The molecule has 0 rings (SSSR count). The van der Waals surface area contributed by atoms with Crippen LogP contribution in [0, 0.1) is 10.1 Å². The van der Waals surface area contributed by atoms with E-state index in [-0.39, 0.29) is 12.6 Å². The molecule has 0 spiro atoms. The molecule has 0 saturated carbocycles. The van der Waals surface area contributed by atoms with Gasteiger partial charge in [0.05, 0.1) is 5.34 Å². The maximum atomic E-state index is 12.5. The zero-order valence-corrected chi connectivity index (χ0v) is 6.51. The number of methoxy groups -OCH3 is 1. The molecule has 0 heterocycles. The minimum atomic E-state index is -5.38. The first-order valence-electron chi connectivity index (χ1n) is 2.83. The molecule has 1 N–H and O–H groups in total. The van der Waals surface area contributed by atoms with Crippen molar-refractivity contribution in [3.05, 3.63) is 10.1 Å². The topological polar surface area (TPSA) is 67.6 Å². The SMILES string of the molecule is COC(NF)(N(F)F)C(F)(F)[N+](=O)[O-]. The Balaban J connectivity index is 5.28. The first kappa shape index (κ1) is 12.9. The minimum Gasteiger partial charge on any atom is -0.334 e. The van der Waals surface area contributed by atoms with Crippen LogP contribution in [0.5, 0.6) is 0 Å². The zero-order chi connectivity index (χ0) is 11.6. The van der Waals surface area contributed by atoms with E-state index in [1.54, 1.807) is 0 Å². The molecule has 84 valence electrons. The molecule has 6 nitrogen and oxygen atoms in total. The lowest BCUT2D eigenvalue weighted by molar-refractivity contribution is -0.695. The van der Waals surface area contributed by atoms with E-state index >= 15 is 0 Å². The van der Waals surface area contributed by atoms with Crippen molar-refractivity contribution in [2.75, 3.05) is 7.11 Å². The summed E-state index contributed by atoms with van der Waals surface area (Å²) in [7, 11) is 0.246. The maximum absolute atomic E-state index is 12.5. The van der Waals surface area contributed by atoms with Gasteiger partial charge in [-0.3, -0.25) is 10.1 Å². The molecular weight excluding hydrogens is 221 g/mol. The normalized spacial score (nSPS) is 16.8. The van der Waals surface area contributed by atoms with Crippen molar-refractivity contribution < 1.29 is 31.9 Å². The molecular formula is C3H4F5N3O3. The van der Waals surface area contributed by atoms with Crippen LogP contribution in [0.3, 0.4) is 0 Å². The summed E-state index contributed by atoms with van der Waals surface area (Å²) in [5, 5.41) is 7.22. The van der Waals surface area contributed by atoms with Gasteiger partial charge in [0.15, 0.2) is 0 Å². The van der Waals surface area contributed by atoms with E-state index in [0.29, 0.717) is 0 Å². The highest BCUT2D eigenvalue weighted by Gasteiger charge is 2.73. The molecule has 0 aliphatic heterocycles. The molecule has 11 heteroatoms. The quantitative estimate of drug-likeness (QED) is 0.186. The van der Waals surface area contributed by atoms with E-state index in [4.69, 9.17) is 0 Å². The fourth-order valence-electron chi connectivity index (χ4n) is 0.545. The van der Waals surface area contributed by atoms with E-state index < -0.39 is 22.2 Å². The van der Waals surface area contributed by atoms with E-state index in [9.17, 15) is 32.3 Å². The van der Waals surface area contributed by atoms with Gasteiger partial charge in [-0.05, 0) is 0 Å². The summed E-state index contributed by atoms with van der Waals surface area (Å²) in [6, 6.07) is -5.38. The standard InChI is InChI=1S/C3H4F5N3O3/c1-14-3(9-6,10(7)8)2(4,5)11(12)13/h9H,1H3. The highest BCUT2D eigenvalue weighted by atomic mass is 19.4. The van der Waals surface area contributed by atoms with Gasteiger partial charge < -0.3 is 4.74 Å². The fourth-order valence-corrected chi connectivity index (χ4v) is 0.545. The molecule has 0 aromatic carbocycles. The first-order valence-corrected chi connectivity index (χ1v) is 2.83. The van der Waals surface area contributed by atoms with Crippen LogP contribution < -0.4 is 5.54 Å². The molecule has 1 unspecified atom stereocenters. The van der Waals surface area contributed by atoms with Crippen molar-refractivity contribution in [2.24, 2.45) is 0 Å². The van der Waals surface area contributed by atoms with Gasteiger partial charge in [0.1, 0.15) is 4.92 Å². The number of rotatable bonds is 5. The Morgan fingerprint density at radius 1 is 1.50 bits per heavy atom. The van der Waals surface area contributed by atoms with Crippen LogP contribution >= 0.6 is 0 Å². The predicted molar refractivity (Wildman–Crippen MR) is 30.0 cm³/mol. The Hall–Kier alpha value is -1.07. The van der Waals surface area contributed by atoms with Crippen LogP contribution in [0.1, 0.15) is 0 Å². The molecule has 0 radical (unpaired) electrons. The smallest absolute Gasteiger partial charge is 0.334 e. The molecule has 14 heavy (non-hydrogen) atoms. The second-order valence-corrected chi connectivity index (χ2v) is 1.97. The average Bonchev–Trinajstić information content (AvgIpc) is 2.05. The summed E-state index contributed by atoms with van der Waals surface area (Å²) in [5.41, 5.74) is -0.152. The summed E-state index contributed by atoms with van der Waals surface area (Å²) in [5.74, 6) is -4.45. The number of halogens is 5. The Morgan fingerprint density at radius 2 is 1.93 bits per heavy atom. The summed E-state index contributed by atoms with van der Waals surface area (Å²) < 4.78 is 63.7. The Kier molecular flexibility index (Phi) is 3.67. The van der Waals surface area contributed by atoms with Gasteiger partial charge in [-0.1, -0.05) is 14.5 Å². The maximum Gasteiger partial charge on any atom is 0.577 e. The third-order valence-corrected chi connectivity index (χ3v) is 1.30. The second-order valence-electron chi connectivity index (χ2n) is 1.97. The molecule has 1 atom stereocenters. The van der Waals surface area contributed by atoms with Gasteiger partial charge in [-0.2, -0.15) is 0 Å². The van der Waals surface area contributed by atoms with Crippen molar-refractivity contribution in [1.82, 2.24) is 10.9 Å². The predicted octanol–water partition coefficient (Wildman–Crippen LogP) is 0.701. The first-order chi connectivity index (χ1) is 6.26. The summed E-state index contributed by atoms with van der Waals surface area (Å²) in [4.78, 5) is 7.29. The van der Waals surface area contributed by atoms with Crippen molar-refractivity contribution in [3.8, 4) is 0 Å². The van der Waals surface area contributed by atoms with E-state index in [2.05, 4.69) is 4.74 Å². The van der Waals surface area contributed by atoms with Crippen molar-refractivity contribution in [1.29, 1.82) is 0 Å². The fraction of sp³-hybridized carbons (Fsp3) is 1.00. The monoisotopic (exact) mass is 225 g/mol. The molecule has 0 saturated heterocycles. The lowest BCUT2D eigenvalue weighted by Crippen LogP contribution is -2.66. The van der Waals surface area contributed by atoms with Crippen molar-refractivity contribution in [3.63, 3.8) is 0 Å². The molecule has 0 aliphatic rings. The van der Waals surface area contributed by atoms with Crippen LogP contribution in [0.25, 0.3) is 0 Å². The average molecular weight is 225 g/mol. The molecule has 0 aromatic rings. The zero-order valence-electron chi connectivity index (χ0n) is 6.51. The second kappa shape index (κ2) is 3.98. The minimum absolute atomic E-state index is 0.152. The van der Waals surface area contributed by atoms with E-state index in [1.807, 2.05) is 0 Å². The largest absolute Gasteiger partial charge is 0.577 e. The number of nitrogens with zero attached hydrogens (tertiary/aromatic N) is 2. The van der Waals surface area contributed by atoms with Gasteiger partial charge in [-0.25, -0.2) is 0 Å². The van der Waals surface area contributed by atoms with Crippen LogP contribution in [0.2, 0.25) is 0 Å². The Morgan fingerprint density at radius 3 is 2.00 bits per heavy atom. The van der Waals surface area contributed by atoms with Gasteiger partial charge in [0, 0.05) is 7.11 Å². The highest BCUT2D eigenvalue weighted by Crippen LogP contribution is 2.34. The number of nitrogens with one attached hydrogen (secondary N) is 1. The van der Waals surface area contributed by atoms with Crippen LogP contribution in [-0.2, 0) is 4.74 Å². The number of ether oxygens (including phenoxy) is 1. The molecule has 0 fully saturated rings. The lowest BCUT2D eigenvalue weighted by atomic mass is 10.4. The third-order valence-electron chi connectivity index (χ3n) is 1.30. The summed E-state index contributed by atoms with van der Waals surface area (Å²) in [6.45, 7) is 0. The van der Waals surface area contributed by atoms with Crippen LogP contribution in [0.15, 0.2) is 0 Å².